The maximum absolute atomic E-state index is 12.7. The molecular formula is C20H16N2O5S. The molecule has 2 aromatic carbocycles. The van der Waals surface area contributed by atoms with Gasteiger partial charge < -0.3 is 4.74 Å². The van der Waals surface area contributed by atoms with E-state index in [0.29, 0.717) is 23.5 Å². The number of carbonyl (C=O) groups is 2. The molecule has 0 bridgehead atoms. The first-order valence-electron chi connectivity index (χ1n) is 8.31. The maximum atomic E-state index is 12.7. The highest BCUT2D eigenvalue weighted by atomic mass is 32.2. The Morgan fingerprint density at radius 1 is 1.18 bits per heavy atom. The summed E-state index contributed by atoms with van der Waals surface area (Å²) in [6, 6.07) is 13.1. The predicted octanol–water partition coefficient (Wildman–Crippen LogP) is 4.40. The second-order valence-electron chi connectivity index (χ2n) is 5.83. The Morgan fingerprint density at radius 2 is 1.96 bits per heavy atom. The lowest BCUT2D eigenvalue weighted by atomic mass is 10.1. The summed E-state index contributed by atoms with van der Waals surface area (Å²) in [5.41, 5.74) is 0.881. The number of nitrogens with zero attached hydrogens (tertiary/aromatic N) is 2. The number of nitro groups is 1. The second-order valence-corrected chi connectivity index (χ2v) is 6.82. The van der Waals surface area contributed by atoms with Gasteiger partial charge in [-0.2, -0.15) is 0 Å². The smallest absolute Gasteiger partial charge is 0.293 e. The average Bonchev–Trinajstić information content (AvgIpc) is 2.94. The number of thioether (sulfide) groups is 1. The lowest BCUT2D eigenvalue weighted by Gasteiger charge is -2.12. The standard InChI is InChI=1S/C20H16N2O5S/c1-2-10-27-16-8-5-6-14(11-16)12-18-19(23)21(20(24)28-18)13-15-7-3-4-9-17(15)22(25)26/h2-9,11-12H,1,10,13H2/b18-12-. The van der Waals surface area contributed by atoms with E-state index in [2.05, 4.69) is 6.58 Å². The third kappa shape index (κ3) is 4.29. The first-order chi connectivity index (χ1) is 13.5. The Kier molecular flexibility index (Phi) is 5.90. The zero-order valence-electron chi connectivity index (χ0n) is 14.7. The minimum atomic E-state index is -0.529. The summed E-state index contributed by atoms with van der Waals surface area (Å²) >= 11 is 0.806. The number of rotatable bonds is 7. The molecule has 8 heteroatoms. The number of nitro benzene ring substituents is 1. The van der Waals surface area contributed by atoms with Crippen molar-refractivity contribution in [2.45, 2.75) is 6.54 Å². The molecule has 0 radical (unpaired) electrons. The van der Waals surface area contributed by atoms with Gasteiger partial charge in [-0.25, -0.2) is 0 Å². The summed E-state index contributed by atoms with van der Waals surface area (Å²) in [5, 5.41) is 10.7. The van der Waals surface area contributed by atoms with Crippen LogP contribution in [0.3, 0.4) is 0 Å². The van der Waals surface area contributed by atoms with Crippen molar-refractivity contribution in [2.24, 2.45) is 0 Å². The van der Waals surface area contributed by atoms with Crippen molar-refractivity contribution in [1.82, 2.24) is 4.90 Å². The molecule has 0 spiro atoms. The first-order valence-corrected chi connectivity index (χ1v) is 9.12. The SMILES string of the molecule is C=CCOc1cccc(/C=C2\SC(=O)N(Cc3ccccc3[N+](=O)[O-])C2=O)c1. The van der Waals surface area contributed by atoms with Gasteiger partial charge in [-0.1, -0.05) is 43.0 Å². The fourth-order valence-electron chi connectivity index (χ4n) is 2.63. The lowest BCUT2D eigenvalue weighted by molar-refractivity contribution is -0.385. The third-order valence-corrected chi connectivity index (χ3v) is 4.82. The van der Waals surface area contributed by atoms with E-state index in [9.17, 15) is 19.7 Å². The fraction of sp³-hybridized carbons (Fsp3) is 0.100. The molecule has 2 aromatic rings. The van der Waals surface area contributed by atoms with Crippen molar-refractivity contribution >= 4 is 34.7 Å². The van der Waals surface area contributed by atoms with E-state index in [1.807, 2.05) is 0 Å². The second kappa shape index (κ2) is 8.53. The van der Waals surface area contributed by atoms with E-state index in [1.165, 1.54) is 18.2 Å². The summed E-state index contributed by atoms with van der Waals surface area (Å²) < 4.78 is 5.46. The average molecular weight is 396 g/mol. The van der Waals surface area contributed by atoms with Crippen LogP contribution < -0.4 is 4.74 Å². The Balaban J connectivity index is 1.81. The quantitative estimate of drug-likeness (QED) is 0.298. The number of ether oxygens (including phenoxy) is 1. The molecule has 0 aromatic heterocycles. The van der Waals surface area contributed by atoms with Gasteiger partial charge in [0.25, 0.3) is 16.8 Å². The molecule has 28 heavy (non-hydrogen) atoms. The Labute approximate surface area is 165 Å². The van der Waals surface area contributed by atoms with E-state index in [4.69, 9.17) is 4.74 Å². The molecule has 1 heterocycles. The zero-order chi connectivity index (χ0) is 20.1. The topological polar surface area (TPSA) is 89.8 Å². The molecule has 2 amide bonds. The Bertz CT molecular complexity index is 986. The van der Waals surface area contributed by atoms with Gasteiger partial charge in [0.05, 0.1) is 16.4 Å². The van der Waals surface area contributed by atoms with Crippen molar-refractivity contribution in [3.05, 3.63) is 87.3 Å². The van der Waals surface area contributed by atoms with Crippen molar-refractivity contribution in [3.8, 4) is 5.75 Å². The minimum Gasteiger partial charge on any atom is -0.490 e. The molecule has 7 nitrogen and oxygen atoms in total. The van der Waals surface area contributed by atoms with Gasteiger partial charge in [0, 0.05) is 11.6 Å². The third-order valence-electron chi connectivity index (χ3n) is 3.91. The lowest BCUT2D eigenvalue weighted by Crippen LogP contribution is -2.27. The van der Waals surface area contributed by atoms with Gasteiger partial charge in [-0.3, -0.25) is 24.6 Å². The van der Waals surface area contributed by atoms with Crippen LogP contribution in [-0.4, -0.2) is 27.6 Å². The number of hydrogen-bond donors (Lipinski definition) is 0. The minimum absolute atomic E-state index is 0.127. The normalized spacial score (nSPS) is 15.1. The molecule has 142 valence electrons. The van der Waals surface area contributed by atoms with Crippen LogP contribution >= 0.6 is 11.8 Å². The van der Waals surface area contributed by atoms with E-state index in [1.54, 1.807) is 42.5 Å². The van der Waals surface area contributed by atoms with Gasteiger partial charge in [0.15, 0.2) is 0 Å². The van der Waals surface area contributed by atoms with Crippen molar-refractivity contribution in [2.75, 3.05) is 6.61 Å². The molecule has 0 unspecified atom stereocenters. The van der Waals surface area contributed by atoms with Crippen molar-refractivity contribution in [3.63, 3.8) is 0 Å². The number of benzene rings is 2. The maximum Gasteiger partial charge on any atom is 0.293 e. The molecule has 3 rings (SSSR count). The fourth-order valence-corrected chi connectivity index (χ4v) is 3.47. The Morgan fingerprint density at radius 3 is 2.71 bits per heavy atom. The predicted molar refractivity (Wildman–Crippen MR) is 107 cm³/mol. The monoisotopic (exact) mass is 396 g/mol. The van der Waals surface area contributed by atoms with E-state index >= 15 is 0 Å². The van der Waals surface area contributed by atoms with Crippen LogP contribution in [0.5, 0.6) is 5.75 Å². The van der Waals surface area contributed by atoms with Crippen LogP contribution in [0.15, 0.2) is 66.1 Å². The largest absolute Gasteiger partial charge is 0.490 e. The highest BCUT2D eigenvalue weighted by Crippen LogP contribution is 2.34. The molecule has 1 saturated heterocycles. The molecule has 1 aliphatic heterocycles. The number of carbonyl (C=O) groups excluding carboxylic acids is 2. The van der Waals surface area contributed by atoms with Gasteiger partial charge >= 0.3 is 0 Å². The summed E-state index contributed by atoms with van der Waals surface area (Å²) in [6.07, 6.45) is 3.23. The first kappa shape index (κ1) is 19.4. The van der Waals surface area contributed by atoms with Crippen molar-refractivity contribution < 1.29 is 19.2 Å². The van der Waals surface area contributed by atoms with Crippen LogP contribution in [0.4, 0.5) is 10.5 Å². The van der Waals surface area contributed by atoms with Gasteiger partial charge in [0.1, 0.15) is 12.4 Å². The van der Waals surface area contributed by atoms with Gasteiger partial charge in [-0.15, -0.1) is 0 Å². The number of para-hydroxylation sites is 1. The van der Waals surface area contributed by atoms with E-state index in [0.717, 1.165) is 16.7 Å². The summed E-state index contributed by atoms with van der Waals surface area (Å²) in [7, 11) is 0. The van der Waals surface area contributed by atoms with Crippen LogP contribution in [0, 0.1) is 10.1 Å². The summed E-state index contributed by atoms with van der Waals surface area (Å²) in [6.45, 7) is 3.80. The number of imide groups is 1. The van der Waals surface area contributed by atoms with Gasteiger partial charge in [0.2, 0.25) is 0 Å². The number of amides is 2. The summed E-state index contributed by atoms with van der Waals surface area (Å²) in [4.78, 5) is 36.9. The van der Waals surface area contributed by atoms with Crippen LogP contribution in [0.2, 0.25) is 0 Å². The Hall–Kier alpha value is -3.39. The highest BCUT2D eigenvalue weighted by Gasteiger charge is 2.36. The molecule has 0 saturated carbocycles. The molecule has 0 aliphatic carbocycles. The van der Waals surface area contributed by atoms with Crippen LogP contribution in [0.25, 0.3) is 6.08 Å². The molecule has 1 aliphatic rings. The van der Waals surface area contributed by atoms with Gasteiger partial charge in [-0.05, 0) is 35.5 Å². The zero-order valence-corrected chi connectivity index (χ0v) is 15.6. The molecule has 0 N–H and O–H groups in total. The highest BCUT2D eigenvalue weighted by molar-refractivity contribution is 8.18. The summed E-state index contributed by atoms with van der Waals surface area (Å²) in [5.74, 6) is 0.137. The van der Waals surface area contributed by atoms with E-state index in [-0.39, 0.29) is 17.1 Å². The van der Waals surface area contributed by atoms with Crippen molar-refractivity contribution in [1.29, 1.82) is 0 Å². The molecule has 0 atom stereocenters. The molecule has 1 fully saturated rings. The molecular weight excluding hydrogens is 380 g/mol. The number of hydrogen-bond acceptors (Lipinski definition) is 6. The van der Waals surface area contributed by atoms with Crippen LogP contribution in [-0.2, 0) is 11.3 Å². The van der Waals surface area contributed by atoms with Crippen LogP contribution in [0.1, 0.15) is 11.1 Å². The van der Waals surface area contributed by atoms with E-state index < -0.39 is 16.1 Å².